The number of amides is 2. The van der Waals surface area contributed by atoms with Crippen LogP contribution in [0.15, 0.2) is 42.6 Å². The minimum Gasteiger partial charge on any atom is -0.481 e. The van der Waals surface area contributed by atoms with Gasteiger partial charge in [0, 0.05) is 12.3 Å². The summed E-state index contributed by atoms with van der Waals surface area (Å²) >= 11 is 0. The topological polar surface area (TPSA) is 85.8 Å². The summed E-state index contributed by atoms with van der Waals surface area (Å²) in [6.45, 7) is 0. The van der Waals surface area contributed by atoms with Gasteiger partial charge < -0.3 is 9.57 Å². The van der Waals surface area contributed by atoms with Gasteiger partial charge in [-0.25, -0.2) is 9.78 Å². The van der Waals surface area contributed by atoms with E-state index in [-0.39, 0.29) is 16.7 Å². The van der Waals surface area contributed by atoms with Gasteiger partial charge in [0.1, 0.15) is 0 Å². The van der Waals surface area contributed by atoms with E-state index in [1.807, 2.05) is 0 Å². The largest absolute Gasteiger partial charge is 0.481 e. The van der Waals surface area contributed by atoms with Crippen LogP contribution in [0.25, 0.3) is 0 Å². The molecule has 0 radical (unpaired) electrons. The third kappa shape index (κ3) is 2.18. The normalized spacial score (nSPS) is 13.0. The van der Waals surface area contributed by atoms with Crippen molar-refractivity contribution in [3.63, 3.8) is 0 Å². The first kappa shape index (κ1) is 13.7. The summed E-state index contributed by atoms with van der Waals surface area (Å²) in [6.07, 6.45) is 1.24. The van der Waals surface area contributed by atoms with Crippen molar-refractivity contribution in [2.45, 2.75) is 0 Å². The number of carbonyl (C=O) groups is 3. The number of ether oxygens (including phenoxy) is 1. The van der Waals surface area contributed by atoms with Gasteiger partial charge in [-0.05, 0) is 18.2 Å². The zero-order valence-electron chi connectivity index (χ0n) is 11.5. The fraction of sp³-hybridized carbons (Fsp3) is 0.0667. The summed E-state index contributed by atoms with van der Waals surface area (Å²) in [5, 5.41) is 0.456. The molecule has 1 aliphatic heterocycles. The highest BCUT2D eigenvalue weighted by atomic mass is 16.7. The molecule has 0 atom stereocenters. The SMILES string of the molecule is COc1ccc(C(=O)ON2C(=O)c3ccccc3C2=O)cn1. The van der Waals surface area contributed by atoms with E-state index in [2.05, 4.69) is 4.98 Å². The molecule has 1 aromatic carbocycles. The van der Waals surface area contributed by atoms with Crippen LogP contribution in [-0.4, -0.2) is 34.9 Å². The number of benzene rings is 1. The highest BCUT2D eigenvalue weighted by Gasteiger charge is 2.38. The van der Waals surface area contributed by atoms with E-state index in [1.54, 1.807) is 12.1 Å². The van der Waals surface area contributed by atoms with Crippen LogP contribution in [0.1, 0.15) is 31.1 Å². The molecule has 22 heavy (non-hydrogen) atoms. The molecule has 110 valence electrons. The zero-order chi connectivity index (χ0) is 15.7. The molecule has 2 amide bonds. The molecule has 0 fully saturated rings. The average molecular weight is 298 g/mol. The van der Waals surface area contributed by atoms with E-state index in [0.29, 0.717) is 10.9 Å². The van der Waals surface area contributed by atoms with Crippen molar-refractivity contribution >= 4 is 17.8 Å². The summed E-state index contributed by atoms with van der Waals surface area (Å²) in [7, 11) is 1.44. The van der Waals surface area contributed by atoms with Crippen molar-refractivity contribution < 1.29 is 24.0 Å². The zero-order valence-corrected chi connectivity index (χ0v) is 11.5. The number of methoxy groups -OCH3 is 1. The molecule has 0 spiro atoms. The standard InChI is InChI=1S/C15H10N2O5/c1-21-12-7-6-9(8-16-12)15(20)22-17-13(18)10-4-2-3-5-11(10)14(17)19/h2-8H,1H3. The predicted octanol–water partition coefficient (Wildman–Crippen LogP) is 1.46. The van der Waals surface area contributed by atoms with Gasteiger partial charge in [-0.3, -0.25) is 9.59 Å². The minimum absolute atomic E-state index is 0.0948. The van der Waals surface area contributed by atoms with E-state index in [1.165, 1.54) is 37.6 Å². The second-order valence-electron chi connectivity index (χ2n) is 4.42. The lowest BCUT2D eigenvalue weighted by atomic mass is 10.1. The van der Waals surface area contributed by atoms with Crippen molar-refractivity contribution in [2.24, 2.45) is 0 Å². The molecule has 3 rings (SSSR count). The Labute approximate surface area is 125 Å². The smallest absolute Gasteiger partial charge is 0.365 e. The minimum atomic E-state index is -0.857. The summed E-state index contributed by atoms with van der Waals surface area (Å²) in [4.78, 5) is 44.9. The summed E-state index contributed by atoms with van der Waals surface area (Å²) in [5.74, 6) is -1.87. The molecule has 2 heterocycles. The van der Waals surface area contributed by atoms with Crippen molar-refractivity contribution in [1.29, 1.82) is 0 Å². The van der Waals surface area contributed by atoms with Crippen LogP contribution in [0.4, 0.5) is 0 Å². The molecule has 0 aliphatic carbocycles. The lowest BCUT2D eigenvalue weighted by Crippen LogP contribution is -2.32. The molecular formula is C15H10N2O5. The van der Waals surface area contributed by atoms with Crippen LogP contribution in [0.3, 0.4) is 0 Å². The number of rotatable bonds is 3. The van der Waals surface area contributed by atoms with Crippen molar-refractivity contribution in [3.8, 4) is 5.88 Å². The third-order valence-electron chi connectivity index (χ3n) is 3.11. The molecule has 1 aliphatic rings. The second-order valence-corrected chi connectivity index (χ2v) is 4.42. The Morgan fingerprint density at radius 1 is 1.05 bits per heavy atom. The van der Waals surface area contributed by atoms with Crippen molar-refractivity contribution in [3.05, 3.63) is 59.3 Å². The Hall–Kier alpha value is -3.22. The first-order valence-electron chi connectivity index (χ1n) is 6.32. The van der Waals surface area contributed by atoms with Gasteiger partial charge in [0.2, 0.25) is 5.88 Å². The molecule has 0 unspecified atom stereocenters. The lowest BCUT2D eigenvalue weighted by molar-refractivity contribution is -0.0584. The number of aromatic nitrogens is 1. The van der Waals surface area contributed by atoms with E-state index in [9.17, 15) is 14.4 Å². The maximum Gasteiger partial charge on any atom is 0.365 e. The molecule has 7 nitrogen and oxygen atoms in total. The van der Waals surface area contributed by atoms with Crippen LogP contribution in [-0.2, 0) is 4.84 Å². The van der Waals surface area contributed by atoms with Crippen molar-refractivity contribution in [2.75, 3.05) is 7.11 Å². The van der Waals surface area contributed by atoms with Crippen LogP contribution in [0, 0.1) is 0 Å². The Morgan fingerprint density at radius 3 is 2.18 bits per heavy atom. The third-order valence-corrected chi connectivity index (χ3v) is 3.11. The van der Waals surface area contributed by atoms with Crippen molar-refractivity contribution in [1.82, 2.24) is 10.0 Å². The fourth-order valence-corrected chi connectivity index (χ4v) is 2.01. The molecule has 0 saturated carbocycles. The maximum atomic E-state index is 12.1. The van der Waals surface area contributed by atoms with Crippen LogP contribution >= 0.6 is 0 Å². The number of nitrogens with zero attached hydrogens (tertiary/aromatic N) is 2. The molecule has 7 heteroatoms. The van der Waals surface area contributed by atoms with Gasteiger partial charge in [0.05, 0.1) is 23.8 Å². The number of hydrogen-bond donors (Lipinski definition) is 0. The first-order valence-corrected chi connectivity index (χ1v) is 6.32. The molecular weight excluding hydrogens is 288 g/mol. The van der Waals surface area contributed by atoms with Crippen LogP contribution in [0.5, 0.6) is 5.88 Å². The highest BCUT2D eigenvalue weighted by molar-refractivity contribution is 6.21. The number of hydroxylamine groups is 2. The Morgan fingerprint density at radius 2 is 1.68 bits per heavy atom. The van der Waals surface area contributed by atoms with E-state index in [0.717, 1.165) is 0 Å². The van der Waals surface area contributed by atoms with Crippen LogP contribution in [0.2, 0.25) is 0 Å². The first-order chi connectivity index (χ1) is 10.6. The van der Waals surface area contributed by atoms with Gasteiger partial charge >= 0.3 is 5.97 Å². The fourth-order valence-electron chi connectivity index (χ4n) is 2.01. The summed E-state index contributed by atoms with van der Waals surface area (Å²) in [6, 6.07) is 9.15. The summed E-state index contributed by atoms with van der Waals surface area (Å²) < 4.78 is 4.88. The maximum absolute atomic E-state index is 12.1. The average Bonchev–Trinajstić information content (AvgIpc) is 2.80. The number of carbonyl (C=O) groups excluding carboxylic acids is 3. The Balaban J connectivity index is 1.80. The van der Waals surface area contributed by atoms with Gasteiger partial charge in [-0.2, -0.15) is 0 Å². The van der Waals surface area contributed by atoms with E-state index in [4.69, 9.17) is 9.57 Å². The van der Waals surface area contributed by atoms with E-state index >= 15 is 0 Å². The second kappa shape index (κ2) is 5.28. The van der Waals surface area contributed by atoms with Gasteiger partial charge in [-0.15, -0.1) is 0 Å². The lowest BCUT2D eigenvalue weighted by Gasteiger charge is -2.12. The molecule has 1 aromatic heterocycles. The predicted molar refractivity (Wildman–Crippen MR) is 73.1 cm³/mol. The molecule has 0 bridgehead atoms. The highest BCUT2D eigenvalue weighted by Crippen LogP contribution is 2.23. The molecule has 0 N–H and O–H groups in total. The van der Waals surface area contributed by atoms with E-state index < -0.39 is 17.8 Å². The monoisotopic (exact) mass is 298 g/mol. The number of hydrogen-bond acceptors (Lipinski definition) is 6. The number of imide groups is 1. The quantitative estimate of drug-likeness (QED) is 0.797. The molecule has 2 aromatic rings. The molecule has 0 saturated heterocycles. The Bertz CT molecular complexity index is 735. The van der Waals surface area contributed by atoms with Gasteiger partial charge in [0.15, 0.2) is 0 Å². The number of fused-ring (bicyclic) bond motifs is 1. The summed E-state index contributed by atoms with van der Waals surface area (Å²) in [5.41, 5.74) is 0.499. The number of pyridine rings is 1. The van der Waals surface area contributed by atoms with Crippen LogP contribution < -0.4 is 4.74 Å². The Kier molecular flexibility index (Phi) is 3.30. The van der Waals surface area contributed by atoms with Gasteiger partial charge in [-0.1, -0.05) is 17.2 Å². The van der Waals surface area contributed by atoms with Gasteiger partial charge in [0.25, 0.3) is 11.8 Å².